The first kappa shape index (κ1) is 25.5. The van der Waals surface area contributed by atoms with Gasteiger partial charge in [0.05, 0.1) is 19.1 Å². The van der Waals surface area contributed by atoms with Crippen LogP contribution in [0.2, 0.25) is 5.02 Å². The normalized spacial score (nSPS) is 14.3. The standard InChI is InChI=1S/C23H22ClN3O5S2/c1-31-17-9-8-14(11-18(17)32-2)12-19-22(30)27(23(33)34-19)10-4-7-20(28)25-26-21(29)15-5-3-6-16(24)13-15/h3,5-6,8-9,11-13H,4,7,10H2,1-2H3,(H,25,28)(H,26,29). The van der Waals surface area contributed by atoms with Gasteiger partial charge >= 0.3 is 0 Å². The molecule has 0 unspecified atom stereocenters. The Hall–Kier alpha value is -3.08. The third-order valence-electron chi connectivity index (χ3n) is 4.77. The number of hydrazine groups is 1. The number of hydrogen-bond donors (Lipinski definition) is 2. The molecular weight excluding hydrogens is 498 g/mol. The number of thiocarbonyl (C=S) groups is 1. The molecule has 3 rings (SSSR count). The molecule has 178 valence electrons. The second-order valence-electron chi connectivity index (χ2n) is 7.06. The first-order valence-electron chi connectivity index (χ1n) is 10.1. The van der Waals surface area contributed by atoms with Crippen molar-refractivity contribution in [2.75, 3.05) is 20.8 Å². The molecular formula is C23H22ClN3O5S2. The molecule has 0 aromatic heterocycles. The van der Waals surface area contributed by atoms with Gasteiger partial charge in [-0.25, -0.2) is 0 Å². The van der Waals surface area contributed by atoms with E-state index < -0.39 is 5.91 Å². The van der Waals surface area contributed by atoms with Crippen molar-refractivity contribution in [1.29, 1.82) is 0 Å². The van der Waals surface area contributed by atoms with E-state index in [-0.39, 0.29) is 24.8 Å². The Morgan fingerprint density at radius 2 is 1.88 bits per heavy atom. The number of rotatable bonds is 8. The van der Waals surface area contributed by atoms with Crippen molar-refractivity contribution in [2.45, 2.75) is 12.8 Å². The number of methoxy groups -OCH3 is 2. The van der Waals surface area contributed by atoms with Gasteiger partial charge in [0.2, 0.25) is 5.91 Å². The molecule has 0 aliphatic carbocycles. The van der Waals surface area contributed by atoms with E-state index in [1.165, 1.54) is 22.7 Å². The summed E-state index contributed by atoms with van der Waals surface area (Å²) in [4.78, 5) is 38.9. The van der Waals surface area contributed by atoms with E-state index in [4.69, 9.17) is 33.3 Å². The average Bonchev–Trinajstić information content (AvgIpc) is 3.09. The number of ether oxygens (including phenoxy) is 2. The molecule has 3 amide bonds. The number of amides is 3. The maximum Gasteiger partial charge on any atom is 0.269 e. The Bertz CT molecular complexity index is 1160. The highest BCUT2D eigenvalue weighted by Crippen LogP contribution is 2.34. The molecule has 2 aromatic rings. The Morgan fingerprint density at radius 3 is 2.59 bits per heavy atom. The van der Waals surface area contributed by atoms with Crippen LogP contribution >= 0.6 is 35.6 Å². The Morgan fingerprint density at radius 1 is 1.12 bits per heavy atom. The summed E-state index contributed by atoms with van der Waals surface area (Å²) >= 11 is 12.4. The first-order chi connectivity index (χ1) is 16.3. The Labute approximate surface area is 211 Å². The largest absolute Gasteiger partial charge is 0.493 e. The lowest BCUT2D eigenvalue weighted by Gasteiger charge is -2.14. The van der Waals surface area contributed by atoms with Crippen molar-refractivity contribution >= 4 is 63.7 Å². The van der Waals surface area contributed by atoms with Crippen LogP contribution in [0.25, 0.3) is 6.08 Å². The third-order valence-corrected chi connectivity index (χ3v) is 6.38. The second kappa shape index (κ2) is 11.9. The highest BCUT2D eigenvalue weighted by atomic mass is 35.5. The number of benzene rings is 2. The molecule has 11 heteroatoms. The van der Waals surface area contributed by atoms with Crippen molar-refractivity contribution in [3.8, 4) is 11.5 Å². The Balaban J connectivity index is 1.50. The predicted octanol–water partition coefficient (Wildman–Crippen LogP) is 3.80. The quantitative estimate of drug-likeness (QED) is 0.311. The first-order valence-corrected chi connectivity index (χ1v) is 11.7. The van der Waals surface area contributed by atoms with Crippen molar-refractivity contribution in [2.24, 2.45) is 0 Å². The van der Waals surface area contributed by atoms with E-state index >= 15 is 0 Å². The van der Waals surface area contributed by atoms with Crippen LogP contribution in [-0.2, 0) is 9.59 Å². The van der Waals surface area contributed by atoms with E-state index in [2.05, 4.69) is 10.9 Å². The topological polar surface area (TPSA) is 97.0 Å². The minimum atomic E-state index is -0.479. The fourth-order valence-electron chi connectivity index (χ4n) is 3.08. The monoisotopic (exact) mass is 519 g/mol. The van der Waals surface area contributed by atoms with Gasteiger partial charge in [-0.2, -0.15) is 0 Å². The van der Waals surface area contributed by atoms with Crippen LogP contribution in [0, 0.1) is 0 Å². The third kappa shape index (κ3) is 6.49. The molecule has 0 saturated carbocycles. The molecule has 1 aliphatic rings. The maximum absolute atomic E-state index is 12.8. The van der Waals surface area contributed by atoms with Gasteiger partial charge in [-0.05, 0) is 48.4 Å². The number of nitrogens with zero attached hydrogens (tertiary/aromatic N) is 1. The summed E-state index contributed by atoms with van der Waals surface area (Å²) in [6.07, 6.45) is 2.20. The minimum absolute atomic E-state index is 0.0988. The fraction of sp³-hybridized carbons (Fsp3) is 0.217. The predicted molar refractivity (Wildman–Crippen MR) is 136 cm³/mol. The zero-order chi connectivity index (χ0) is 24.7. The van der Waals surface area contributed by atoms with E-state index in [0.717, 1.165) is 5.56 Å². The lowest BCUT2D eigenvalue weighted by molar-refractivity contribution is -0.124. The van der Waals surface area contributed by atoms with E-state index in [9.17, 15) is 14.4 Å². The van der Waals surface area contributed by atoms with Gasteiger partial charge in [-0.1, -0.05) is 47.7 Å². The van der Waals surface area contributed by atoms with Crippen molar-refractivity contribution in [3.63, 3.8) is 0 Å². The van der Waals surface area contributed by atoms with Crippen LogP contribution in [-0.4, -0.2) is 47.7 Å². The number of nitrogens with one attached hydrogen (secondary N) is 2. The SMILES string of the molecule is COc1ccc(C=C2SC(=S)N(CCCC(=O)NNC(=O)c3cccc(Cl)c3)C2=O)cc1OC. The van der Waals surface area contributed by atoms with Crippen LogP contribution in [0.3, 0.4) is 0 Å². The molecule has 1 fully saturated rings. The summed E-state index contributed by atoms with van der Waals surface area (Å²) in [6.45, 7) is 0.281. The molecule has 0 radical (unpaired) electrons. The molecule has 34 heavy (non-hydrogen) atoms. The summed E-state index contributed by atoms with van der Waals surface area (Å²) in [6, 6.07) is 11.7. The van der Waals surface area contributed by atoms with E-state index in [1.54, 1.807) is 50.6 Å². The molecule has 8 nitrogen and oxygen atoms in total. The lowest BCUT2D eigenvalue weighted by Crippen LogP contribution is -2.41. The van der Waals surface area contributed by atoms with Crippen molar-refractivity contribution < 1.29 is 23.9 Å². The van der Waals surface area contributed by atoms with Crippen LogP contribution in [0.15, 0.2) is 47.4 Å². The highest BCUT2D eigenvalue weighted by molar-refractivity contribution is 8.26. The van der Waals surface area contributed by atoms with Gasteiger partial charge in [0.1, 0.15) is 4.32 Å². The fourth-order valence-corrected chi connectivity index (χ4v) is 4.57. The average molecular weight is 520 g/mol. The summed E-state index contributed by atoms with van der Waals surface area (Å²) in [5.41, 5.74) is 5.79. The summed E-state index contributed by atoms with van der Waals surface area (Å²) in [7, 11) is 3.09. The number of carbonyl (C=O) groups excluding carboxylic acids is 3. The summed E-state index contributed by atoms with van der Waals surface area (Å²) in [5, 5.41) is 0.419. The molecule has 1 saturated heterocycles. The summed E-state index contributed by atoms with van der Waals surface area (Å²) < 4.78 is 11.0. The molecule has 0 spiro atoms. The second-order valence-corrected chi connectivity index (χ2v) is 9.18. The number of thioether (sulfide) groups is 1. The zero-order valence-electron chi connectivity index (χ0n) is 18.4. The number of hydrogen-bond acceptors (Lipinski definition) is 7. The van der Waals surface area contributed by atoms with Crippen molar-refractivity contribution in [1.82, 2.24) is 15.8 Å². The molecule has 0 atom stereocenters. The van der Waals surface area contributed by atoms with Gasteiger partial charge in [-0.15, -0.1) is 0 Å². The van der Waals surface area contributed by atoms with Crippen molar-refractivity contribution in [3.05, 3.63) is 63.5 Å². The molecule has 1 aliphatic heterocycles. The lowest BCUT2D eigenvalue weighted by atomic mass is 10.2. The van der Waals surface area contributed by atoms with Crippen LogP contribution in [0.5, 0.6) is 11.5 Å². The molecule has 1 heterocycles. The van der Waals surface area contributed by atoms with Gasteiger partial charge in [0.15, 0.2) is 11.5 Å². The molecule has 0 bridgehead atoms. The Kier molecular flexibility index (Phi) is 8.91. The van der Waals surface area contributed by atoms with Crippen LogP contribution in [0.4, 0.5) is 0 Å². The summed E-state index contributed by atoms with van der Waals surface area (Å²) in [5.74, 6) is 0.0589. The number of carbonyl (C=O) groups is 3. The van der Waals surface area contributed by atoms with Gasteiger partial charge in [0.25, 0.3) is 11.8 Å². The minimum Gasteiger partial charge on any atom is -0.493 e. The van der Waals surface area contributed by atoms with Crippen LogP contribution in [0.1, 0.15) is 28.8 Å². The highest BCUT2D eigenvalue weighted by Gasteiger charge is 2.31. The van der Waals surface area contributed by atoms with Crippen LogP contribution < -0.4 is 20.3 Å². The smallest absolute Gasteiger partial charge is 0.269 e. The maximum atomic E-state index is 12.8. The van der Waals surface area contributed by atoms with Gasteiger partial charge < -0.3 is 9.47 Å². The zero-order valence-corrected chi connectivity index (χ0v) is 20.8. The van der Waals surface area contributed by atoms with E-state index in [1.807, 2.05) is 6.07 Å². The van der Waals surface area contributed by atoms with Gasteiger partial charge in [0, 0.05) is 23.6 Å². The van der Waals surface area contributed by atoms with E-state index in [0.29, 0.717) is 37.7 Å². The van der Waals surface area contributed by atoms with Gasteiger partial charge in [-0.3, -0.25) is 30.1 Å². The number of halogens is 1. The molecule has 2 aromatic carbocycles. The molecule has 2 N–H and O–H groups in total.